The molecule has 0 amide bonds. The first kappa shape index (κ1) is 9.99. The van der Waals surface area contributed by atoms with Gasteiger partial charge < -0.3 is 0 Å². The van der Waals surface area contributed by atoms with Crippen LogP contribution in [0, 0.1) is 0 Å². The van der Waals surface area contributed by atoms with Crippen molar-refractivity contribution in [2.75, 3.05) is 0 Å². The molecule has 0 heterocycles. The first-order valence-electron chi connectivity index (χ1n) is 4.57. The van der Waals surface area contributed by atoms with E-state index in [1.165, 1.54) is 5.56 Å². The number of fused-ring (bicyclic) bond motifs is 1. The van der Waals surface area contributed by atoms with Crippen LogP contribution < -0.4 is 0 Å². The van der Waals surface area contributed by atoms with Gasteiger partial charge in [-0.2, -0.15) is 0 Å². The van der Waals surface area contributed by atoms with E-state index in [1.54, 1.807) is 0 Å². The van der Waals surface area contributed by atoms with E-state index in [2.05, 4.69) is 0 Å². The Hall–Kier alpha value is -0.540. The van der Waals surface area contributed by atoms with E-state index in [-0.39, 0.29) is 0 Å². The van der Waals surface area contributed by atoms with Crippen molar-refractivity contribution < 1.29 is 8.42 Å². The summed E-state index contributed by atoms with van der Waals surface area (Å²) in [6.07, 6.45) is 2.01. The van der Waals surface area contributed by atoms with Gasteiger partial charge in [0.25, 0.3) is 0 Å². The molecule has 0 saturated heterocycles. The number of rotatable bonds is 1. The van der Waals surface area contributed by atoms with Crippen LogP contribution in [0.1, 0.15) is 17.5 Å². The summed E-state index contributed by atoms with van der Waals surface area (Å²) >= 11 is 0. The van der Waals surface area contributed by atoms with E-state index in [9.17, 15) is 8.42 Å². The van der Waals surface area contributed by atoms with Crippen LogP contribution in [0.2, 0.25) is 0 Å². The van der Waals surface area contributed by atoms with Gasteiger partial charge in [-0.25, -0.2) is 8.42 Å². The van der Waals surface area contributed by atoms with Crippen LogP contribution in [0.4, 0.5) is 0 Å². The predicted octanol–water partition coefficient (Wildman–Crippen LogP) is 2.11. The van der Waals surface area contributed by atoms with Crippen molar-refractivity contribution >= 4 is 19.7 Å². The van der Waals surface area contributed by atoms with Gasteiger partial charge in [-0.15, -0.1) is 0 Å². The third-order valence-corrected chi connectivity index (χ3v) is 4.65. The van der Waals surface area contributed by atoms with E-state index < -0.39 is 14.3 Å². The van der Waals surface area contributed by atoms with Gasteiger partial charge in [0.05, 0.1) is 5.25 Å². The minimum absolute atomic E-state index is 0.404. The Morgan fingerprint density at radius 1 is 1.21 bits per heavy atom. The first-order chi connectivity index (χ1) is 6.57. The molecule has 1 atom stereocenters. The molecule has 0 fully saturated rings. The SMILES string of the molecule is O=S(=O)(Cl)C1CCc2ccccc2C1. The molecule has 4 heteroatoms. The summed E-state index contributed by atoms with van der Waals surface area (Å²) in [7, 11) is 1.95. The fourth-order valence-electron chi connectivity index (χ4n) is 1.90. The van der Waals surface area contributed by atoms with E-state index in [4.69, 9.17) is 10.7 Å². The van der Waals surface area contributed by atoms with Crippen LogP contribution in [0.5, 0.6) is 0 Å². The third-order valence-electron chi connectivity index (χ3n) is 2.70. The van der Waals surface area contributed by atoms with E-state index in [0.717, 1.165) is 12.0 Å². The maximum Gasteiger partial charge on any atom is 0.235 e. The molecule has 0 radical (unpaired) electrons. The summed E-state index contributed by atoms with van der Waals surface area (Å²) in [5, 5.41) is -0.404. The van der Waals surface area contributed by atoms with Crippen molar-refractivity contribution in [3.05, 3.63) is 35.4 Å². The monoisotopic (exact) mass is 230 g/mol. The quantitative estimate of drug-likeness (QED) is 0.693. The molecule has 1 aromatic carbocycles. The van der Waals surface area contributed by atoms with E-state index in [1.807, 2.05) is 24.3 Å². The zero-order valence-electron chi connectivity index (χ0n) is 7.61. The summed E-state index contributed by atoms with van der Waals surface area (Å²) in [6.45, 7) is 0. The Bertz CT molecular complexity index is 439. The summed E-state index contributed by atoms with van der Waals surface area (Å²) in [4.78, 5) is 0. The second-order valence-electron chi connectivity index (χ2n) is 3.61. The molecule has 1 unspecified atom stereocenters. The number of aryl methyl sites for hydroxylation is 1. The summed E-state index contributed by atoms with van der Waals surface area (Å²) in [5.74, 6) is 0. The second-order valence-corrected chi connectivity index (χ2v) is 6.52. The molecule has 1 aliphatic rings. The third kappa shape index (κ3) is 1.93. The van der Waals surface area contributed by atoms with E-state index in [0.29, 0.717) is 12.8 Å². The van der Waals surface area contributed by atoms with Gasteiger partial charge in [0.2, 0.25) is 9.05 Å². The fraction of sp³-hybridized carbons (Fsp3) is 0.400. The molecule has 2 rings (SSSR count). The minimum atomic E-state index is -3.40. The molecule has 1 aliphatic carbocycles. The smallest absolute Gasteiger partial charge is 0.212 e. The van der Waals surface area contributed by atoms with Gasteiger partial charge >= 0.3 is 0 Å². The second kappa shape index (κ2) is 3.55. The van der Waals surface area contributed by atoms with Gasteiger partial charge in [0, 0.05) is 10.7 Å². The number of hydrogen-bond donors (Lipinski definition) is 0. The summed E-state index contributed by atoms with van der Waals surface area (Å²) < 4.78 is 22.3. The highest BCUT2D eigenvalue weighted by atomic mass is 35.7. The lowest BCUT2D eigenvalue weighted by atomic mass is 9.92. The molecule has 0 saturated carbocycles. The lowest BCUT2D eigenvalue weighted by molar-refractivity contribution is 0.575. The van der Waals surface area contributed by atoms with Crippen LogP contribution in [-0.4, -0.2) is 13.7 Å². The Labute approximate surface area is 88.3 Å². The molecule has 0 bridgehead atoms. The topological polar surface area (TPSA) is 34.1 Å². The number of benzene rings is 1. The van der Waals surface area contributed by atoms with Crippen LogP contribution in [0.25, 0.3) is 0 Å². The Morgan fingerprint density at radius 3 is 2.50 bits per heavy atom. The van der Waals surface area contributed by atoms with Crippen LogP contribution in [-0.2, 0) is 21.9 Å². The highest BCUT2D eigenvalue weighted by molar-refractivity contribution is 8.14. The van der Waals surface area contributed by atoms with Gasteiger partial charge in [0.15, 0.2) is 0 Å². The van der Waals surface area contributed by atoms with Gasteiger partial charge in [-0.05, 0) is 30.4 Å². The zero-order valence-corrected chi connectivity index (χ0v) is 9.18. The van der Waals surface area contributed by atoms with Crippen LogP contribution >= 0.6 is 10.7 Å². The molecule has 0 spiro atoms. The zero-order chi connectivity index (χ0) is 10.2. The summed E-state index contributed by atoms with van der Waals surface area (Å²) in [6, 6.07) is 7.94. The van der Waals surface area contributed by atoms with Crippen LogP contribution in [0.15, 0.2) is 24.3 Å². The largest absolute Gasteiger partial charge is 0.235 e. The van der Waals surface area contributed by atoms with Crippen molar-refractivity contribution in [3.63, 3.8) is 0 Å². The van der Waals surface area contributed by atoms with Crippen molar-refractivity contribution in [1.82, 2.24) is 0 Å². The maximum absolute atomic E-state index is 11.2. The van der Waals surface area contributed by atoms with Crippen LogP contribution in [0.3, 0.4) is 0 Å². The molecule has 2 nitrogen and oxygen atoms in total. The normalized spacial score (nSPS) is 21.6. The average Bonchev–Trinajstić information content (AvgIpc) is 2.16. The molecular weight excluding hydrogens is 220 g/mol. The standard InChI is InChI=1S/C10H11ClO2S/c11-14(12,13)10-6-5-8-3-1-2-4-9(8)7-10/h1-4,10H,5-7H2. The number of hydrogen-bond acceptors (Lipinski definition) is 2. The minimum Gasteiger partial charge on any atom is -0.212 e. The lowest BCUT2D eigenvalue weighted by Crippen LogP contribution is -2.24. The van der Waals surface area contributed by atoms with Gasteiger partial charge in [-0.1, -0.05) is 24.3 Å². The maximum atomic E-state index is 11.2. The van der Waals surface area contributed by atoms with E-state index >= 15 is 0 Å². The van der Waals surface area contributed by atoms with Crippen molar-refractivity contribution in [2.24, 2.45) is 0 Å². The Balaban J connectivity index is 2.30. The molecule has 76 valence electrons. The molecule has 0 aromatic heterocycles. The Morgan fingerprint density at radius 2 is 1.86 bits per heavy atom. The highest BCUT2D eigenvalue weighted by Gasteiger charge is 2.27. The number of halogens is 1. The molecule has 0 N–H and O–H groups in total. The summed E-state index contributed by atoms with van der Waals surface area (Å²) in [5.41, 5.74) is 2.37. The highest BCUT2D eigenvalue weighted by Crippen LogP contribution is 2.26. The first-order valence-corrected chi connectivity index (χ1v) is 6.95. The van der Waals surface area contributed by atoms with Crippen molar-refractivity contribution in [3.8, 4) is 0 Å². The molecule has 14 heavy (non-hydrogen) atoms. The lowest BCUT2D eigenvalue weighted by Gasteiger charge is -2.21. The molecule has 0 aliphatic heterocycles. The predicted molar refractivity (Wildman–Crippen MR) is 57.0 cm³/mol. The Kier molecular flexibility index (Phi) is 2.54. The van der Waals surface area contributed by atoms with Crippen molar-refractivity contribution in [2.45, 2.75) is 24.5 Å². The van der Waals surface area contributed by atoms with Gasteiger partial charge in [-0.3, -0.25) is 0 Å². The van der Waals surface area contributed by atoms with Gasteiger partial charge in [0.1, 0.15) is 0 Å². The van der Waals surface area contributed by atoms with Crippen molar-refractivity contribution in [1.29, 1.82) is 0 Å². The molecule has 1 aromatic rings. The molecular formula is C10H11ClO2S. The average molecular weight is 231 g/mol. The fourth-order valence-corrected chi connectivity index (χ4v) is 3.14.